The Bertz CT molecular complexity index is 886. The number of hydrogen-bond donors (Lipinski definition) is 1. The van der Waals surface area contributed by atoms with Crippen LogP contribution in [0.25, 0.3) is 11.1 Å². The molecule has 2 N–H and O–H groups in total. The van der Waals surface area contributed by atoms with Gasteiger partial charge in [0, 0.05) is 6.42 Å². The fraction of sp³-hybridized carbons (Fsp3) is 0.350. The van der Waals surface area contributed by atoms with Crippen molar-refractivity contribution in [3.05, 3.63) is 48.5 Å². The maximum atomic E-state index is 12.2. The molecule has 0 bridgehead atoms. The zero-order chi connectivity index (χ0) is 18.6. The third-order valence-electron chi connectivity index (χ3n) is 4.74. The van der Waals surface area contributed by atoms with Crippen molar-refractivity contribution in [1.82, 2.24) is 0 Å². The van der Waals surface area contributed by atoms with Crippen LogP contribution in [-0.4, -0.2) is 14.4 Å². The Morgan fingerprint density at radius 2 is 1.65 bits per heavy atom. The lowest BCUT2D eigenvalue weighted by Gasteiger charge is -2.20. The summed E-state index contributed by atoms with van der Waals surface area (Å²) >= 11 is 0. The van der Waals surface area contributed by atoms with Crippen LogP contribution in [0.15, 0.2) is 53.4 Å². The highest BCUT2D eigenvalue weighted by molar-refractivity contribution is 7.89. The van der Waals surface area contributed by atoms with Crippen molar-refractivity contribution in [2.24, 2.45) is 11.1 Å². The summed E-state index contributed by atoms with van der Waals surface area (Å²) < 4.78 is 28.5. The maximum Gasteiger partial charge on any atom is 0.311 e. The van der Waals surface area contributed by atoms with E-state index in [4.69, 9.17) is 9.88 Å². The predicted molar refractivity (Wildman–Crippen MR) is 100 cm³/mol. The summed E-state index contributed by atoms with van der Waals surface area (Å²) in [5, 5.41) is 5.19. The summed E-state index contributed by atoms with van der Waals surface area (Å²) in [6.45, 7) is 0. The van der Waals surface area contributed by atoms with Crippen LogP contribution in [0.1, 0.15) is 38.5 Å². The second-order valence-electron chi connectivity index (χ2n) is 6.78. The second-order valence-corrected chi connectivity index (χ2v) is 8.34. The summed E-state index contributed by atoms with van der Waals surface area (Å²) in [4.78, 5) is 12.2. The molecule has 138 valence electrons. The van der Waals surface area contributed by atoms with E-state index in [9.17, 15) is 13.2 Å². The minimum Gasteiger partial charge on any atom is -0.426 e. The number of carbonyl (C=O) groups excluding carboxylic acids is 1. The van der Waals surface area contributed by atoms with E-state index in [2.05, 4.69) is 0 Å². The van der Waals surface area contributed by atoms with Gasteiger partial charge in [0.25, 0.3) is 0 Å². The monoisotopic (exact) mass is 373 g/mol. The molecule has 1 fully saturated rings. The summed E-state index contributed by atoms with van der Waals surface area (Å²) in [5.74, 6) is 0.669. The van der Waals surface area contributed by atoms with E-state index in [1.807, 2.05) is 6.07 Å². The molecule has 0 spiro atoms. The maximum absolute atomic E-state index is 12.2. The van der Waals surface area contributed by atoms with Crippen molar-refractivity contribution in [3.63, 3.8) is 0 Å². The van der Waals surface area contributed by atoms with Gasteiger partial charge in [0.2, 0.25) is 10.0 Å². The lowest BCUT2D eigenvalue weighted by atomic mass is 9.87. The quantitative estimate of drug-likeness (QED) is 0.636. The molecule has 0 aromatic heterocycles. The van der Waals surface area contributed by atoms with Gasteiger partial charge < -0.3 is 4.74 Å². The Balaban J connectivity index is 1.73. The lowest BCUT2D eigenvalue weighted by molar-refractivity contribution is -0.135. The van der Waals surface area contributed by atoms with Gasteiger partial charge in [-0.05, 0) is 54.2 Å². The number of sulfonamides is 1. The fourth-order valence-corrected chi connectivity index (χ4v) is 3.95. The van der Waals surface area contributed by atoms with Crippen LogP contribution in [0, 0.1) is 5.92 Å². The van der Waals surface area contributed by atoms with Gasteiger partial charge in [-0.1, -0.05) is 43.5 Å². The average molecular weight is 373 g/mol. The highest BCUT2D eigenvalue weighted by Crippen LogP contribution is 2.28. The molecule has 3 rings (SSSR count). The zero-order valence-corrected chi connectivity index (χ0v) is 15.4. The zero-order valence-electron chi connectivity index (χ0n) is 14.6. The van der Waals surface area contributed by atoms with Crippen molar-refractivity contribution in [2.75, 3.05) is 0 Å². The van der Waals surface area contributed by atoms with Gasteiger partial charge in [-0.2, -0.15) is 0 Å². The molecule has 0 unspecified atom stereocenters. The molecule has 0 heterocycles. The Morgan fingerprint density at radius 1 is 1.00 bits per heavy atom. The van der Waals surface area contributed by atoms with Crippen LogP contribution >= 0.6 is 0 Å². The first-order valence-corrected chi connectivity index (χ1v) is 10.4. The topological polar surface area (TPSA) is 86.5 Å². The molecular formula is C20H23NO4S. The fourth-order valence-electron chi connectivity index (χ4n) is 3.39. The van der Waals surface area contributed by atoms with E-state index in [1.54, 1.807) is 30.3 Å². The van der Waals surface area contributed by atoms with Crippen LogP contribution in [0.2, 0.25) is 0 Å². The van der Waals surface area contributed by atoms with Gasteiger partial charge >= 0.3 is 5.97 Å². The van der Waals surface area contributed by atoms with E-state index in [0.29, 0.717) is 23.7 Å². The molecule has 6 heteroatoms. The van der Waals surface area contributed by atoms with E-state index in [0.717, 1.165) is 18.4 Å². The number of ether oxygens (including phenoxy) is 1. The van der Waals surface area contributed by atoms with E-state index in [1.165, 1.54) is 31.4 Å². The first-order valence-electron chi connectivity index (χ1n) is 8.86. The van der Waals surface area contributed by atoms with Crippen molar-refractivity contribution in [2.45, 2.75) is 43.4 Å². The van der Waals surface area contributed by atoms with Crippen molar-refractivity contribution >= 4 is 16.0 Å². The molecule has 1 saturated carbocycles. The molecule has 0 radical (unpaired) electrons. The normalized spacial score (nSPS) is 15.6. The van der Waals surface area contributed by atoms with Gasteiger partial charge in [0.1, 0.15) is 5.75 Å². The summed E-state index contributed by atoms with van der Waals surface area (Å²) in [6.07, 6.45) is 6.27. The first-order chi connectivity index (χ1) is 12.4. The number of rotatable bonds is 5. The lowest BCUT2D eigenvalue weighted by Crippen LogP contribution is -2.16. The predicted octanol–water partition coefficient (Wildman–Crippen LogP) is 3.88. The van der Waals surface area contributed by atoms with E-state index in [-0.39, 0.29) is 10.9 Å². The molecule has 1 aliphatic rings. The van der Waals surface area contributed by atoms with E-state index >= 15 is 0 Å². The first kappa shape index (κ1) is 18.6. The molecule has 1 aliphatic carbocycles. The van der Waals surface area contributed by atoms with E-state index < -0.39 is 10.0 Å². The third kappa shape index (κ3) is 4.93. The summed E-state index contributed by atoms with van der Waals surface area (Å²) in [5.41, 5.74) is 1.46. The van der Waals surface area contributed by atoms with Gasteiger partial charge in [-0.3, -0.25) is 4.79 Å². The molecule has 0 amide bonds. The highest BCUT2D eigenvalue weighted by atomic mass is 32.2. The SMILES string of the molecule is NS(=O)(=O)c1cccc(-c2cccc(OC(=O)CC3CCCCC3)c2)c1. The third-order valence-corrected chi connectivity index (χ3v) is 5.65. The molecule has 0 atom stereocenters. The number of esters is 1. The van der Waals surface area contributed by atoms with Gasteiger partial charge in [0.15, 0.2) is 0 Å². The Kier molecular flexibility index (Phi) is 5.74. The smallest absolute Gasteiger partial charge is 0.311 e. The van der Waals surface area contributed by atoms with Crippen LogP contribution in [0.5, 0.6) is 5.75 Å². The number of primary sulfonamides is 1. The molecule has 2 aromatic rings. The van der Waals surface area contributed by atoms with Gasteiger partial charge in [0.05, 0.1) is 4.90 Å². The van der Waals surface area contributed by atoms with Crippen molar-refractivity contribution < 1.29 is 17.9 Å². The van der Waals surface area contributed by atoms with Crippen LogP contribution in [0.4, 0.5) is 0 Å². The highest BCUT2D eigenvalue weighted by Gasteiger charge is 2.18. The average Bonchev–Trinajstić information content (AvgIpc) is 2.62. The Hall–Kier alpha value is -2.18. The summed E-state index contributed by atoms with van der Waals surface area (Å²) in [7, 11) is -3.76. The minimum absolute atomic E-state index is 0.0506. The number of carbonyl (C=O) groups is 1. The Morgan fingerprint density at radius 3 is 2.35 bits per heavy atom. The minimum atomic E-state index is -3.76. The van der Waals surface area contributed by atoms with Crippen molar-refractivity contribution in [1.29, 1.82) is 0 Å². The molecule has 26 heavy (non-hydrogen) atoms. The van der Waals surface area contributed by atoms with Crippen LogP contribution < -0.4 is 9.88 Å². The largest absolute Gasteiger partial charge is 0.426 e. The van der Waals surface area contributed by atoms with Crippen molar-refractivity contribution in [3.8, 4) is 16.9 Å². The second kappa shape index (κ2) is 8.01. The standard InChI is InChI=1S/C20H23NO4S/c21-26(23,24)19-11-5-9-17(14-19)16-8-4-10-18(13-16)25-20(22)12-15-6-2-1-3-7-15/h4-5,8-11,13-15H,1-3,6-7,12H2,(H2,21,23,24). The van der Waals surface area contributed by atoms with Gasteiger partial charge in [-0.15, -0.1) is 0 Å². The molecule has 2 aromatic carbocycles. The summed E-state index contributed by atoms with van der Waals surface area (Å²) in [6, 6.07) is 13.5. The number of benzene rings is 2. The number of hydrogen-bond acceptors (Lipinski definition) is 4. The van der Waals surface area contributed by atoms with Crippen LogP contribution in [-0.2, 0) is 14.8 Å². The number of nitrogens with two attached hydrogens (primary N) is 1. The van der Waals surface area contributed by atoms with Gasteiger partial charge in [-0.25, -0.2) is 13.6 Å². The molecule has 0 saturated heterocycles. The molecular weight excluding hydrogens is 350 g/mol. The molecule has 0 aliphatic heterocycles. The van der Waals surface area contributed by atoms with Crippen LogP contribution in [0.3, 0.4) is 0 Å². The molecule has 5 nitrogen and oxygen atoms in total. The Labute approximate surface area is 154 Å².